The summed E-state index contributed by atoms with van der Waals surface area (Å²) in [5.41, 5.74) is 5.80. The summed E-state index contributed by atoms with van der Waals surface area (Å²) in [6.45, 7) is 5.53. The van der Waals surface area contributed by atoms with Gasteiger partial charge in [-0.1, -0.05) is 19.1 Å². The molecule has 1 atom stereocenters. The smallest absolute Gasteiger partial charge is 0.222 e. The Balaban J connectivity index is 1.77. The van der Waals surface area contributed by atoms with E-state index in [1.165, 1.54) is 24.3 Å². The molecule has 1 amide bonds. The van der Waals surface area contributed by atoms with E-state index in [2.05, 4.69) is 11.8 Å². The lowest BCUT2D eigenvalue weighted by molar-refractivity contribution is -0.134. The SMILES string of the molecule is CCC(C(N)=S)N1CCN(C(=O)CC2CCSCC2)CC1. The van der Waals surface area contributed by atoms with Crippen LogP contribution in [0.3, 0.4) is 0 Å². The summed E-state index contributed by atoms with van der Waals surface area (Å²) in [5, 5.41) is 0. The molecule has 6 heteroatoms. The number of nitrogens with two attached hydrogens (primary N) is 1. The third-order valence-corrected chi connectivity index (χ3v) is 5.95. The molecule has 2 rings (SSSR count). The van der Waals surface area contributed by atoms with Crippen molar-refractivity contribution in [2.24, 2.45) is 11.7 Å². The Labute approximate surface area is 137 Å². The molecule has 2 aliphatic heterocycles. The Hall–Kier alpha value is -0.330. The molecule has 0 aliphatic carbocycles. The molecule has 0 aromatic carbocycles. The second-order valence-electron chi connectivity index (χ2n) is 6.00. The standard InChI is InChI=1S/C15H27N3OS2/c1-2-13(15(16)20)17-5-7-18(8-6-17)14(19)11-12-3-9-21-10-4-12/h12-13H,2-11H2,1H3,(H2,16,20). The predicted octanol–water partition coefficient (Wildman–Crippen LogP) is 1.73. The second-order valence-corrected chi connectivity index (χ2v) is 7.70. The molecule has 120 valence electrons. The zero-order chi connectivity index (χ0) is 15.2. The van der Waals surface area contributed by atoms with Gasteiger partial charge in [0.15, 0.2) is 0 Å². The maximum Gasteiger partial charge on any atom is 0.222 e. The van der Waals surface area contributed by atoms with Crippen LogP contribution in [0.5, 0.6) is 0 Å². The highest BCUT2D eigenvalue weighted by Crippen LogP contribution is 2.26. The van der Waals surface area contributed by atoms with Gasteiger partial charge in [-0.05, 0) is 36.7 Å². The Morgan fingerprint density at radius 2 is 1.90 bits per heavy atom. The quantitative estimate of drug-likeness (QED) is 0.779. The molecule has 2 N–H and O–H groups in total. The molecule has 2 fully saturated rings. The zero-order valence-corrected chi connectivity index (χ0v) is 14.6. The van der Waals surface area contributed by atoms with Crippen LogP contribution in [0.25, 0.3) is 0 Å². The molecule has 21 heavy (non-hydrogen) atoms. The first kappa shape index (κ1) is 17.0. The lowest BCUT2D eigenvalue weighted by Gasteiger charge is -2.39. The van der Waals surface area contributed by atoms with Crippen molar-refractivity contribution >= 4 is 34.9 Å². The van der Waals surface area contributed by atoms with Crippen molar-refractivity contribution in [2.45, 2.75) is 38.6 Å². The molecule has 2 heterocycles. The first-order valence-corrected chi connectivity index (χ1v) is 9.57. The van der Waals surface area contributed by atoms with E-state index in [1.54, 1.807) is 0 Å². The number of amides is 1. The fourth-order valence-corrected chi connectivity index (χ4v) is 4.77. The van der Waals surface area contributed by atoms with E-state index in [4.69, 9.17) is 18.0 Å². The Bertz CT molecular complexity index is 364. The van der Waals surface area contributed by atoms with Gasteiger partial charge in [0.05, 0.1) is 11.0 Å². The van der Waals surface area contributed by atoms with Crippen molar-refractivity contribution < 1.29 is 4.79 Å². The van der Waals surface area contributed by atoms with E-state index in [1.807, 2.05) is 16.7 Å². The lowest BCUT2D eigenvalue weighted by atomic mass is 9.98. The minimum absolute atomic E-state index is 0.188. The van der Waals surface area contributed by atoms with Gasteiger partial charge in [-0.25, -0.2) is 0 Å². The average Bonchev–Trinajstić information content (AvgIpc) is 2.49. The second kappa shape index (κ2) is 8.34. The number of piperazine rings is 1. The van der Waals surface area contributed by atoms with E-state index < -0.39 is 0 Å². The topological polar surface area (TPSA) is 49.6 Å². The van der Waals surface area contributed by atoms with E-state index in [9.17, 15) is 4.79 Å². The number of thiocarbonyl (C=S) groups is 1. The number of carbonyl (C=O) groups excluding carboxylic acids is 1. The van der Waals surface area contributed by atoms with Gasteiger partial charge in [0, 0.05) is 32.6 Å². The molecule has 0 aromatic rings. The first-order valence-electron chi connectivity index (χ1n) is 8.00. The molecule has 0 radical (unpaired) electrons. The maximum atomic E-state index is 12.4. The van der Waals surface area contributed by atoms with Gasteiger partial charge >= 0.3 is 0 Å². The van der Waals surface area contributed by atoms with Crippen LogP contribution >= 0.6 is 24.0 Å². The number of hydrogen-bond acceptors (Lipinski definition) is 4. The summed E-state index contributed by atoms with van der Waals surface area (Å²) in [6.07, 6.45) is 4.10. The molecule has 4 nitrogen and oxygen atoms in total. The predicted molar refractivity (Wildman–Crippen MR) is 93.7 cm³/mol. The monoisotopic (exact) mass is 329 g/mol. The van der Waals surface area contributed by atoms with Crippen LogP contribution in [0.4, 0.5) is 0 Å². The first-order chi connectivity index (χ1) is 10.1. The molecule has 2 aliphatic rings. The number of rotatable bonds is 5. The van der Waals surface area contributed by atoms with Crippen LogP contribution in [0.2, 0.25) is 0 Å². The van der Waals surface area contributed by atoms with Gasteiger partial charge in [0.1, 0.15) is 0 Å². The Morgan fingerprint density at radius 3 is 2.43 bits per heavy atom. The van der Waals surface area contributed by atoms with E-state index in [-0.39, 0.29) is 6.04 Å². The fourth-order valence-electron chi connectivity index (χ4n) is 3.25. The summed E-state index contributed by atoms with van der Waals surface area (Å²) < 4.78 is 0. The molecule has 1 unspecified atom stereocenters. The molecule has 0 aromatic heterocycles. The Kier molecular flexibility index (Phi) is 6.76. The summed E-state index contributed by atoms with van der Waals surface area (Å²) in [4.78, 5) is 17.3. The Morgan fingerprint density at radius 1 is 1.29 bits per heavy atom. The summed E-state index contributed by atoms with van der Waals surface area (Å²) in [6, 6.07) is 0.188. The van der Waals surface area contributed by atoms with Crippen molar-refractivity contribution in [3.8, 4) is 0 Å². The number of thioether (sulfide) groups is 1. The average molecular weight is 330 g/mol. The summed E-state index contributed by atoms with van der Waals surface area (Å²) in [7, 11) is 0. The molecule has 0 spiro atoms. The summed E-state index contributed by atoms with van der Waals surface area (Å²) >= 11 is 7.15. The van der Waals surface area contributed by atoms with Crippen molar-refractivity contribution in [1.29, 1.82) is 0 Å². The van der Waals surface area contributed by atoms with Crippen LogP contribution < -0.4 is 5.73 Å². The van der Waals surface area contributed by atoms with Crippen LogP contribution in [0, 0.1) is 5.92 Å². The lowest BCUT2D eigenvalue weighted by Crippen LogP contribution is -2.54. The van der Waals surface area contributed by atoms with Gasteiger partial charge in [-0.3, -0.25) is 9.69 Å². The van der Waals surface area contributed by atoms with Crippen molar-refractivity contribution in [1.82, 2.24) is 9.80 Å². The molecular weight excluding hydrogens is 302 g/mol. The van der Waals surface area contributed by atoms with Crippen LogP contribution in [-0.2, 0) is 4.79 Å². The number of carbonyl (C=O) groups is 1. The molecular formula is C15H27N3OS2. The number of hydrogen-bond donors (Lipinski definition) is 1. The van der Waals surface area contributed by atoms with Crippen molar-refractivity contribution in [3.05, 3.63) is 0 Å². The zero-order valence-electron chi connectivity index (χ0n) is 12.9. The molecule has 0 saturated carbocycles. The highest BCUT2D eigenvalue weighted by atomic mass is 32.2. The maximum absolute atomic E-state index is 12.4. The molecule has 0 bridgehead atoms. The minimum Gasteiger partial charge on any atom is -0.392 e. The fraction of sp³-hybridized carbons (Fsp3) is 0.867. The van der Waals surface area contributed by atoms with Gasteiger partial charge in [-0.2, -0.15) is 11.8 Å². The van der Waals surface area contributed by atoms with Crippen LogP contribution in [0.15, 0.2) is 0 Å². The largest absolute Gasteiger partial charge is 0.392 e. The summed E-state index contributed by atoms with van der Waals surface area (Å²) in [5.74, 6) is 3.39. The van der Waals surface area contributed by atoms with Gasteiger partial charge in [-0.15, -0.1) is 0 Å². The van der Waals surface area contributed by atoms with E-state index in [0.717, 1.165) is 39.0 Å². The third kappa shape index (κ3) is 4.83. The van der Waals surface area contributed by atoms with Crippen molar-refractivity contribution in [2.75, 3.05) is 37.7 Å². The van der Waals surface area contributed by atoms with Gasteiger partial charge in [0.25, 0.3) is 0 Å². The highest BCUT2D eigenvalue weighted by Gasteiger charge is 2.27. The third-order valence-electron chi connectivity index (χ3n) is 4.63. The minimum atomic E-state index is 0.188. The van der Waals surface area contributed by atoms with Crippen LogP contribution in [0.1, 0.15) is 32.6 Å². The number of nitrogens with zero attached hydrogens (tertiary/aromatic N) is 2. The molecule has 2 saturated heterocycles. The normalized spacial score (nSPS) is 23.0. The van der Waals surface area contributed by atoms with E-state index >= 15 is 0 Å². The van der Waals surface area contributed by atoms with Crippen LogP contribution in [-0.4, -0.2) is 64.4 Å². The van der Waals surface area contributed by atoms with Gasteiger partial charge in [0.2, 0.25) is 5.91 Å². The van der Waals surface area contributed by atoms with Crippen molar-refractivity contribution in [3.63, 3.8) is 0 Å². The van der Waals surface area contributed by atoms with Gasteiger partial charge < -0.3 is 10.6 Å². The van der Waals surface area contributed by atoms with E-state index in [0.29, 0.717) is 16.8 Å². The highest BCUT2D eigenvalue weighted by molar-refractivity contribution is 7.99.